The first kappa shape index (κ1) is 16.1. The van der Waals surface area contributed by atoms with Gasteiger partial charge in [0.05, 0.1) is 0 Å². The van der Waals surface area contributed by atoms with E-state index in [9.17, 15) is 0 Å². The average molecular weight is 349 g/mol. The highest BCUT2D eigenvalue weighted by Crippen LogP contribution is 2.51. The highest BCUT2D eigenvalue weighted by Gasteiger charge is 2.36. The average Bonchev–Trinajstić information content (AvgIpc) is 2.91. The molecule has 0 saturated carbocycles. The molecule has 1 aliphatic rings. The van der Waals surface area contributed by atoms with Gasteiger partial charge in [0.25, 0.3) is 0 Å². The fourth-order valence-electron chi connectivity index (χ4n) is 4.48. The zero-order valence-corrected chi connectivity index (χ0v) is 16.0. The predicted molar refractivity (Wildman–Crippen MR) is 116 cm³/mol. The molecule has 4 aromatic carbocycles. The lowest BCUT2D eigenvalue weighted by Crippen LogP contribution is -2.15. The Bertz CT molecular complexity index is 1170. The summed E-state index contributed by atoms with van der Waals surface area (Å²) in [5.41, 5.74) is 9.09. The van der Waals surface area contributed by atoms with E-state index < -0.39 is 0 Å². The van der Waals surface area contributed by atoms with E-state index in [2.05, 4.69) is 105 Å². The molecule has 0 unspecified atom stereocenters. The monoisotopic (exact) mass is 349 g/mol. The van der Waals surface area contributed by atoms with E-state index in [0.29, 0.717) is 0 Å². The topological polar surface area (TPSA) is 12.0 Å². The molecule has 1 nitrogen and oxygen atoms in total. The molecule has 0 amide bonds. The Labute approximate surface area is 160 Å². The molecule has 0 aromatic heterocycles. The Morgan fingerprint density at radius 2 is 1.41 bits per heavy atom. The summed E-state index contributed by atoms with van der Waals surface area (Å²) in [6.07, 6.45) is 0. The van der Waals surface area contributed by atoms with Crippen LogP contribution in [-0.4, -0.2) is 0 Å². The van der Waals surface area contributed by atoms with Crippen molar-refractivity contribution in [3.05, 3.63) is 95.6 Å². The number of benzene rings is 4. The number of rotatable bonds is 2. The summed E-state index contributed by atoms with van der Waals surface area (Å²) in [5.74, 6) is 0. The van der Waals surface area contributed by atoms with Crippen molar-refractivity contribution in [1.82, 2.24) is 0 Å². The van der Waals surface area contributed by atoms with Crippen LogP contribution >= 0.6 is 0 Å². The van der Waals surface area contributed by atoms with E-state index in [1.54, 1.807) is 0 Å². The van der Waals surface area contributed by atoms with Gasteiger partial charge >= 0.3 is 0 Å². The maximum Gasteiger partial charge on any atom is 0.0387 e. The number of anilines is 2. The van der Waals surface area contributed by atoms with Gasteiger partial charge < -0.3 is 5.32 Å². The molecular weight excluding hydrogens is 326 g/mol. The molecule has 0 heterocycles. The van der Waals surface area contributed by atoms with Crippen molar-refractivity contribution in [3.8, 4) is 11.1 Å². The van der Waals surface area contributed by atoms with Crippen molar-refractivity contribution in [1.29, 1.82) is 0 Å². The Balaban J connectivity index is 1.63. The minimum absolute atomic E-state index is 0.0174. The van der Waals surface area contributed by atoms with Gasteiger partial charge in [0.2, 0.25) is 0 Å². The number of nitrogens with one attached hydrogen (secondary N) is 1. The summed E-state index contributed by atoms with van der Waals surface area (Å²) in [7, 11) is 0. The number of aryl methyl sites for hydroxylation is 1. The van der Waals surface area contributed by atoms with Crippen LogP contribution in [-0.2, 0) is 5.41 Å². The van der Waals surface area contributed by atoms with Crippen LogP contribution in [0.4, 0.5) is 11.4 Å². The standard InChI is InChI=1S/C26H23N/c1-17-8-11-19(12-9-17)27-20-13-15-22-23-14-10-18-6-4-5-7-21(18)25(23)26(2,3)24(22)16-20/h4-16,27H,1-3H3. The lowest BCUT2D eigenvalue weighted by Gasteiger charge is -2.23. The fraction of sp³-hybridized carbons (Fsp3) is 0.154. The minimum Gasteiger partial charge on any atom is -0.356 e. The molecule has 4 aromatic rings. The second-order valence-corrected chi connectivity index (χ2v) is 8.09. The van der Waals surface area contributed by atoms with Crippen LogP contribution in [0.25, 0.3) is 21.9 Å². The molecule has 0 spiro atoms. The third-order valence-corrected chi connectivity index (χ3v) is 5.88. The molecule has 0 atom stereocenters. The van der Waals surface area contributed by atoms with Crippen LogP contribution in [0, 0.1) is 6.92 Å². The van der Waals surface area contributed by atoms with Crippen molar-refractivity contribution in [2.75, 3.05) is 5.32 Å². The van der Waals surface area contributed by atoms with Gasteiger partial charge in [0, 0.05) is 16.8 Å². The van der Waals surface area contributed by atoms with Crippen LogP contribution in [0.5, 0.6) is 0 Å². The Kier molecular flexibility index (Phi) is 3.42. The first-order valence-corrected chi connectivity index (χ1v) is 9.55. The number of hydrogen-bond acceptors (Lipinski definition) is 1. The van der Waals surface area contributed by atoms with Gasteiger partial charge in [0.15, 0.2) is 0 Å². The molecule has 0 saturated heterocycles. The summed E-state index contributed by atoms with van der Waals surface area (Å²) in [5, 5.41) is 6.24. The van der Waals surface area contributed by atoms with E-state index in [-0.39, 0.29) is 5.41 Å². The van der Waals surface area contributed by atoms with E-state index in [4.69, 9.17) is 0 Å². The molecule has 5 rings (SSSR count). The van der Waals surface area contributed by atoms with E-state index >= 15 is 0 Å². The second kappa shape index (κ2) is 5.72. The Morgan fingerprint density at radius 1 is 0.704 bits per heavy atom. The minimum atomic E-state index is -0.0174. The van der Waals surface area contributed by atoms with Gasteiger partial charge in [-0.3, -0.25) is 0 Å². The quantitative estimate of drug-likeness (QED) is 0.403. The van der Waals surface area contributed by atoms with Crippen LogP contribution in [0.15, 0.2) is 78.9 Å². The van der Waals surface area contributed by atoms with Crippen molar-refractivity contribution in [3.63, 3.8) is 0 Å². The van der Waals surface area contributed by atoms with Gasteiger partial charge in [-0.15, -0.1) is 0 Å². The molecule has 0 aliphatic heterocycles. The van der Waals surface area contributed by atoms with Gasteiger partial charge in [0.1, 0.15) is 0 Å². The second-order valence-electron chi connectivity index (χ2n) is 8.09. The van der Waals surface area contributed by atoms with E-state index in [1.807, 2.05) is 0 Å². The van der Waals surface area contributed by atoms with Crippen LogP contribution in [0.2, 0.25) is 0 Å². The summed E-state index contributed by atoms with van der Waals surface area (Å²) in [6.45, 7) is 6.81. The first-order chi connectivity index (χ1) is 13.0. The Morgan fingerprint density at radius 3 is 2.22 bits per heavy atom. The molecule has 27 heavy (non-hydrogen) atoms. The zero-order valence-electron chi connectivity index (χ0n) is 16.0. The lowest BCUT2D eigenvalue weighted by atomic mass is 9.80. The molecule has 1 aliphatic carbocycles. The molecule has 0 radical (unpaired) electrons. The van der Waals surface area contributed by atoms with Gasteiger partial charge in [-0.1, -0.05) is 74.0 Å². The maximum atomic E-state index is 3.56. The number of fused-ring (bicyclic) bond motifs is 5. The highest BCUT2D eigenvalue weighted by atomic mass is 14.9. The molecule has 0 fully saturated rings. The van der Waals surface area contributed by atoms with E-state index in [1.165, 1.54) is 38.6 Å². The predicted octanol–water partition coefficient (Wildman–Crippen LogP) is 7.20. The zero-order chi connectivity index (χ0) is 18.6. The smallest absolute Gasteiger partial charge is 0.0387 e. The van der Waals surface area contributed by atoms with Crippen molar-refractivity contribution >= 4 is 22.1 Å². The largest absolute Gasteiger partial charge is 0.356 e. The summed E-state index contributed by atoms with van der Waals surface area (Å²) in [4.78, 5) is 0. The first-order valence-electron chi connectivity index (χ1n) is 9.55. The van der Waals surface area contributed by atoms with Crippen molar-refractivity contribution in [2.24, 2.45) is 0 Å². The Hall–Kier alpha value is -3.06. The number of hydrogen-bond donors (Lipinski definition) is 1. The van der Waals surface area contributed by atoms with Gasteiger partial charge in [-0.25, -0.2) is 0 Å². The SMILES string of the molecule is Cc1ccc(Nc2ccc3c(c2)C(C)(C)c2c-3ccc3ccccc23)cc1. The molecule has 0 bridgehead atoms. The van der Waals surface area contributed by atoms with Crippen LogP contribution in [0.1, 0.15) is 30.5 Å². The normalized spacial score (nSPS) is 14.0. The third kappa shape index (κ3) is 2.46. The molecule has 1 N–H and O–H groups in total. The summed E-state index contributed by atoms with van der Waals surface area (Å²) in [6, 6.07) is 28.6. The van der Waals surface area contributed by atoms with Gasteiger partial charge in [-0.05, 0) is 64.2 Å². The molecule has 1 heteroatoms. The molecular formula is C26H23N. The summed E-state index contributed by atoms with van der Waals surface area (Å²) >= 11 is 0. The van der Waals surface area contributed by atoms with Crippen molar-refractivity contribution in [2.45, 2.75) is 26.2 Å². The molecule has 132 valence electrons. The van der Waals surface area contributed by atoms with Crippen LogP contribution < -0.4 is 5.32 Å². The fourth-order valence-corrected chi connectivity index (χ4v) is 4.48. The van der Waals surface area contributed by atoms with Gasteiger partial charge in [-0.2, -0.15) is 0 Å². The third-order valence-electron chi connectivity index (χ3n) is 5.88. The van der Waals surface area contributed by atoms with E-state index in [0.717, 1.165) is 11.4 Å². The van der Waals surface area contributed by atoms with Crippen LogP contribution in [0.3, 0.4) is 0 Å². The summed E-state index contributed by atoms with van der Waals surface area (Å²) < 4.78 is 0. The maximum absolute atomic E-state index is 3.56. The lowest BCUT2D eigenvalue weighted by molar-refractivity contribution is 0.666. The highest BCUT2D eigenvalue weighted by molar-refractivity contribution is 5.97. The van der Waals surface area contributed by atoms with Crippen molar-refractivity contribution < 1.29 is 0 Å².